The van der Waals surface area contributed by atoms with Gasteiger partial charge in [-0.2, -0.15) is 4.98 Å². The highest BCUT2D eigenvalue weighted by molar-refractivity contribution is 5.73. The Morgan fingerprint density at radius 2 is 1.60 bits per heavy atom. The van der Waals surface area contributed by atoms with E-state index in [0.29, 0.717) is 22.8 Å². The second-order valence-electron chi connectivity index (χ2n) is 5.57. The fraction of sp³-hybridized carbons (Fsp3) is 0.0526. The maximum absolute atomic E-state index is 12.7. The molecule has 0 aliphatic carbocycles. The summed E-state index contributed by atoms with van der Waals surface area (Å²) in [5.41, 5.74) is 2.87. The smallest absolute Gasteiger partial charge is 0.278 e. The molecule has 0 atom stereocenters. The fourth-order valence-corrected chi connectivity index (χ4v) is 2.62. The van der Waals surface area contributed by atoms with E-state index in [-0.39, 0.29) is 5.56 Å². The molecule has 2 aromatic heterocycles. The Hall–Kier alpha value is -3.54. The Balaban J connectivity index is 1.91. The number of aromatic nitrogens is 4. The van der Waals surface area contributed by atoms with E-state index in [1.807, 2.05) is 60.7 Å². The highest BCUT2D eigenvalue weighted by Crippen LogP contribution is 2.17. The van der Waals surface area contributed by atoms with Crippen molar-refractivity contribution in [3.63, 3.8) is 0 Å². The zero-order chi connectivity index (χ0) is 17.2. The summed E-state index contributed by atoms with van der Waals surface area (Å²) in [7, 11) is 0. The van der Waals surface area contributed by atoms with Crippen LogP contribution in [0.2, 0.25) is 0 Å². The third-order valence-corrected chi connectivity index (χ3v) is 3.81. The molecule has 0 saturated heterocycles. The van der Waals surface area contributed by atoms with Gasteiger partial charge >= 0.3 is 0 Å². The van der Waals surface area contributed by atoms with Crippen LogP contribution in [0.5, 0.6) is 0 Å². The summed E-state index contributed by atoms with van der Waals surface area (Å²) in [6.07, 6.45) is 1.62. The van der Waals surface area contributed by atoms with Crippen LogP contribution in [0.1, 0.15) is 5.69 Å². The zero-order valence-electron chi connectivity index (χ0n) is 13.5. The number of para-hydroxylation sites is 2. The van der Waals surface area contributed by atoms with Crippen LogP contribution in [-0.4, -0.2) is 19.5 Å². The van der Waals surface area contributed by atoms with Gasteiger partial charge in [0.25, 0.3) is 5.56 Å². The molecular formula is C19H15N5O. The standard InChI is InChI=1S/C19H15N5O/c1-13-18(25)24(15-10-6-3-7-11-15)17-16(21-13)12-20-19(23-17)22-14-8-4-2-5-9-14/h2-12H,1H3,(H,20,22,23). The molecule has 2 heterocycles. The summed E-state index contributed by atoms with van der Waals surface area (Å²) in [6, 6.07) is 19.0. The Morgan fingerprint density at radius 3 is 2.32 bits per heavy atom. The van der Waals surface area contributed by atoms with Gasteiger partial charge in [0.1, 0.15) is 11.2 Å². The molecular weight excluding hydrogens is 314 g/mol. The monoisotopic (exact) mass is 329 g/mol. The third kappa shape index (κ3) is 2.85. The lowest BCUT2D eigenvalue weighted by molar-refractivity contribution is 0.951. The lowest BCUT2D eigenvalue weighted by Crippen LogP contribution is -2.23. The van der Waals surface area contributed by atoms with Crippen molar-refractivity contribution in [1.29, 1.82) is 0 Å². The van der Waals surface area contributed by atoms with Crippen molar-refractivity contribution < 1.29 is 0 Å². The maximum atomic E-state index is 12.7. The zero-order valence-corrected chi connectivity index (χ0v) is 13.5. The molecule has 0 bridgehead atoms. The Kier molecular flexibility index (Phi) is 3.70. The number of anilines is 2. The number of nitrogens with one attached hydrogen (secondary N) is 1. The number of nitrogens with zero attached hydrogens (tertiary/aromatic N) is 4. The molecule has 6 nitrogen and oxygen atoms in total. The van der Waals surface area contributed by atoms with Gasteiger partial charge in [-0.15, -0.1) is 0 Å². The summed E-state index contributed by atoms with van der Waals surface area (Å²) in [5.74, 6) is 0.411. The van der Waals surface area contributed by atoms with Gasteiger partial charge in [0, 0.05) is 5.69 Å². The van der Waals surface area contributed by atoms with Gasteiger partial charge in [0.15, 0.2) is 5.65 Å². The van der Waals surface area contributed by atoms with Crippen molar-refractivity contribution in [2.24, 2.45) is 0 Å². The normalized spacial score (nSPS) is 10.8. The summed E-state index contributed by atoms with van der Waals surface area (Å²) in [4.78, 5) is 25.8. The molecule has 1 N–H and O–H groups in total. The Labute approximate surface area is 143 Å². The van der Waals surface area contributed by atoms with Crippen LogP contribution in [-0.2, 0) is 0 Å². The van der Waals surface area contributed by atoms with Crippen molar-refractivity contribution in [3.05, 3.63) is 82.9 Å². The molecule has 25 heavy (non-hydrogen) atoms. The average molecular weight is 329 g/mol. The van der Waals surface area contributed by atoms with E-state index in [9.17, 15) is 4.79 Å². The minimum absolute atomic E-state index is 0.192. The van der Waals surface area contributed by atoms with Crippen molar-refractivity contribution in [2.75, 3.05) is 5.32 Å². The van der Waals surface area contributed by atoms with Crippen LogP contribution in [0, 0.1) is 6.92 Å². The van der Waals surface area contributed by atoms with E-state index < -0.39 is 0 Å². The van der Waals surface area contributed by atoms with Crippen molar-refractivity contribution in [3.8, 4) is 5.69 Å². The SMILES string of the molecule is Cc1nc2cnc(Nc3ccccc3)nc2n(-c2ccccc2)c1=O. The summed E-state index contributed by atoms with van der Waals surface area (Å²) in [6.45, 7) is 1.69. The second kappa shape index (κ2) is 6.16. The van der Waals surface area contributed by atoms with E-state index >= 15 is 0 Å². The van der Waals surface area contributed by atoms with Crippen LogP contribution in [0.3, 0.4) is 0 Å². The molecule has 0 unspecified atom stereocenters. The van der Waals surface area contributed by atoms with Crippen LogP contribution in [0.4, 0.5) is 11.6 Å². The first kappa shape index (κ1) is 15.0. The molecule has 4 rings (SSSR count). The van der Waals surface area contributed by atoms with Gasteiger partial charge in [-0.1, -0.05) is 36.4 Å². The van der Waals surface area contributed by atoms with Gasteiger partial charge in [0.2, 0.25) is 5.95 Å². The first-order valence-corrected chi connectivity index (χ1v) is 7.86. The van der Waals surface area contributed by atoms with Crippen molar-refractivity contribution in [2.45, 2.75) is 6.92 Å². The number of fused-ring (bicyclic) bond motifs is 1. The number of rotatable bonds is 3. The number of hydrogen-bond acceptors (Lipinski definition) is 5. The fourth-order valence-electron chi connectivity index (χ4n) is 2.62. The topological polar surface area (TPSA) is 72.7 Å². The highest BCUT2D eigenvalue weighted by atomic mass is 16.1. The predicted molar refractivity (Wildman–Crippen MR) is 97.4 cm³/mol. The van der Waals surface area contributed by atoms with E-state index in [0.717, 1.165) is 11.4 Å². The van der Waals surface area contributed by atoms with Crippen LogP contribution in [0.25, 0.3) is 16.9 Å². The van der Waals surface area contributed by atoms with Crippen LogP contribution in [0.15, 0.2) is 71.7 Å². The minimum atomic E-state index is -0.192. The number of hydrogen-bond donors (Lipinski definition) is 1. The molecule has 2 aromatic carbocycles. The first-order chi connectivity index (χ1) is 12.2. The summed E-state index contributed by atoms with van der Waals surface area (Å²) < 4.78 is 1.56. The largest absolute Gasteiger partial charge is 0.324 e. The molecule has 0 saturated carbocycles. The molecule has 0 aliphatic heterocycles. The van der Waals surface area contributed by atoms with Gasteiger partial charge in [-0.25, -0.2) is 9.97 Å². The van der Waals surface area contributed by atoms with Crippen LogP contribution >= 0.6 is 0 Å². The Bertz CT molecular complexity index is 1090. The van der Waals surface area contributed by atoms with Gasteiger partial charge in [-0.3, -0.25) is 9.36 Å². The molecule has 122 valence electrons. The summed E-state index contributed by atoms with van der Waals surface area (Å²) in [5, 5.41) is 3.14. The Morgan fingerprint density at radius 1 is 0.920 bits per heavy atom. The molecule has 4 aromatic rings. The molecule has 0 amide bonds. The molecule has 0 radical (unpaired) electrons. The number of aryl methyl sites for hydroxylation is 1. The van der Waals surface area contributed by atoms with E-state index in [1.165, 1.54) is 0 Å². The third-order valence-electron chi connectivity index (χ3n) is 3.81. The van der Waals surface area contributed by atoms with Gasteiger partial charge < -0.3 is 5.32 Å². The van der Waals surface area contributed by atoms with Crippen molar-refractivity contribution >= 4 is 22.8 Å². The predicted octanol–water partition coefficient (Wildman–Crippen LogP) is 3.23. The highest BCUT2D eigenvalue weighted by Gasteiger charge is 2.12. The van der Waals surface area contributed by atoms with Crippen molar-refractivity contribution in [1.82, 2.24) is 19.5 Å². The quantitative estimate of drug-likeness (QED) is 0.625. The lowest BCUT2D eigenvalue weighted by atomic mass is 10.3. The first-order valence-electron chi connectivity index (χ1n) is 7.86. The minimum Gasteiger partial charge on any atom is -0.324 e. The van der Waals surface area contributed by atoms with Gasteiger partial charge in [0.05, 0.1) is 11.9 Å². The van der Waals surface area contributed by atoms with E-state index in [1.54, 1.807) is 17.7 Å². The van der Waals surface area contributed by atoms with Gasteiger partial charge in [-0.05, 0) is 31.2 Å². The molecule has 6 heteroatoms. The van der Waals surface area contributed by atoms with E-state index in [4.69, 9.17) is 0 Å². The molecule has 0 spiro atoms. The molecule has 0 aliphatic rings. The second-order valence-corrected chi connectivity index (χ2v) is 5.57. The maximum Gasteiger partial charge on any atom is 0.278 e. The van der Waals surface area contributed by atoms with Crippen LogP contribution < -0.4 is 10.9 Å². The summed E-state index contributed by atoms with van der Waals surface area (Å²) >= 11 is 0. The average Bonchev–Trinajstić information content (AvgIpc) is 2.65. The lowest BCUT2D eigenvalue weighted by Gasteiger charge is -2.11. The van der Waals surface area contributed by atoms with E-state index in [2.05, 4.69) is 20.3 Å². The molecule has 0 fully saturated rings. The number of benzene rings is 2.